The Labute approximate surface area is 511 Å². The van der Waals surface area contributed by atoms with E-state index in [2.05, 4.69) is 163 Å². The molecule has 4 heterocycles. The van der Waals surface area contributed by atoms with Gasteiger partial charge in [0.15, 0.2) is 17.5 Å². The zero-order valence-corrected chi connectivity index (χ0v) is 51.9. The number of benzene rings is 8. The van der Waals surface area contributed by atoms with Crippen LogP contribution < -0.4 is 33.7 Å². The molecule has 0 radical (unpaired) electrons. The molecule has 0 aliphatic carbocycles. The Bertz CT molecular complexity index is 4240. The summed E-state index contributed by atoms with van der Waals surface area (Å²) in [5.74, 6) is 7.71. The Morgan fingerprint density at radius 2 is 0.770 bits per heavy atom. The lowest BCUT2D eigenvalue weighted by molar-refractivity contribution is 0.304. The van der Waals surface area contributed by atoms with Crippen molar-refractivity contribution in [3.63, 3.8) is 0 Å². The number of ether oxygens (including phenoxy) is 6. The van der Waals surface area contributed by atoms with Gasteiger partial charge in [-0.1, -0.05) is 177 Å². The van der Waals surface area contributed by atoms with Gasteiger partial charge in [0.1, 0.15) is 52.0 Å². The molecule has 13 heteroatoms. The molecule has 0 saturated heterocycles. The minimum atomic E-state index is 0.373. The lowest BCUT2D eigenvalue weighted by Crippen LogP contribution is -2.25. The highest BCUT2D eigenvalue weighted by molar-refractivity contribution is 6.37. The quantitative estimate of drug-likeness (QED) is 0.0542. The second-order valence-electron chi connectivity index (χ2n) is 23.0. The first kappa shape index (κ1) is 58.7. The molecule has 0 atom stereocenters. The van der Waals surface area contributed by atoms with Gasteiger partial charge in [0, 0.05) is 60.4 Å². The zero-order chi connectivity index (χ0) is 60.0. The normalized spacial score (nSPS) is 14.8. The number of aliphatic imine (C=N–C) groups is 5. The maximum absolute atomic E-state index is 7.09. The van der Waals surface area contributed by atoms with E-state index >= 15 is 0 Å². The van der Waals surface area contributed by atoms with Gasteiger partial charge in [0.25, 0.3) is 0 Å². The zero-order valence-electron chi connectivity index (χ0n) is 51.9. The van der Waals surface area contributed by atoms with Gasteiger partial charge in [0.05, 0.1) is 68.4 Å². The first-order chi connectivity index (χ1) is 42.8. The molecule has 12 rings (SSSR count). The summed E-state index contributed by atoms with van der Waals surface area (Å²) in [6.45, 7) is 21.0. The number of amidine groups is 5. The van der Waals surface area contributed by atoms with Crippen molar-refractivity contribution in [2.75, 3.05) is 39.6 Å². The molecule has 0 fully saturated rings. The molecule has 1 aromatic heterocycles. The first-order valence-electron chi connectivity index (χ1n) is 32.0. The Balaban J connectivity index is 1.12. The molecular formula is C74H81N7O6. The molecule has 9 aromatic rings. The molecule has 0 spiro atoms. The van der Waals surface area contributed by atoms with Gasteiger partial charge in [-0.05, 0) is 74.3 Å². The maximum Gasteiger partial charge on any atom is 0.168 e. The van der Waals surface area contributed by atoms with Crippen molar-refractivity contribution in [2.24, 2.45) is 25.0 Å². The van der Waals surface area contributed by atoms with E-state index in [0.717, 1.165) is 193 Å². The fourth-order valence-electron chi connectivity index (χ4n) is 12.3. The van der Waals surface area contributed by atoms with Gasteiger partial charge in [-0.2, -0.15) is 0 Å². The van der Waals surface area contributed by atoms with Crippen molar-refractivity contribution >= 4 is 88.9 Å². The number of unbranched alkanes of at least 4 members (excludes halogenated alkanes) is 6. The molecule has 0 unspecified atom stereocenters. The molecule has 2 N–H and O–H groups in total. The third-order valence-electron chi connectivity index (χ3n) is 16.9. The summed E-state index contributed by atoms with van der Waals surface area (Å²) in [4.78, 5) is 31.5. The smallest absolute Gasteiger partial charge is 0.168 e. The highest BCUT2D eigenvalue weighted by atomic mass is 16.5. The van der Waals surface area contributed by atoms with Crippen molar-refractivity contribution < 1.29 is 28.4 Å². The molecule has 8 aromatic carbocycles. The van der Waals surface area contributed by atoms with Gasteiger partial charge in [0.2, 0.25) is 0 Å². The molecule has 3 aliphatic rings. The van der Waals surface area contributed by atoms with Crippen LogP contribution in [0, 0.1) is 13.8 Å². The molecule has 0 amide bonds. The number of aromatic amines is 1. The summed E-state index contributed by atoms with van der Waals surface area (Å²) in [5.41, 5.74) is 7.00. The maximum atomic E-state index is 7.09. The fraction of sp³-hybridized carbons (Fsp3) is 0.365. The summed E-state index contributed by atoms with van der Waals surface area (Å²) in [6, 6.07) is 33.7. The van der Waals surface area contributed by atoms with Crippen LogP contribution in [0.5, 0.6) is 34.5 Å². The fourth-order valence-corrected chi connectivity index (χ4v) is 12.3. The second-order valence-corrected chi connectivity index (χ2v) is 23.0. The molecule has 0 saturated carbocycles. The van der Waals surface area contributed by atoms with Crippen LogP contribution in [0.2, 0.25) is 0 Å². The van der Waals surface area contributed by atoms with E-state index in [-0.39, 0.29) is 0 Å². The number of rotatable bonds is 25. The Kier molecular flexibility index (Phi) is 17.9. The standard InChI is InChI=1S/C74H81N7O6/c1-9-15-37-82-63-49-31-23-21-29-47(49)45(7)57-55(63)43-75-69(57)77-71-58-46(8)48-30-22-24-32-50(48)66(85-40-18-12-4)60(58)72(79-71)80-74-62-61(67(86-41-19-13-5)53-35-27-28-36-54(53)68(62)87-42-20-14-6)73(81-74)78-70-59-56(44-76-70)64(83-38-16-10-2)51-33-25-26-34-52(51)65(59)84-39-17-11-3/h21-36,43,75H,9-20,37-42,44H2,1-8H3,(H,76,77,78,79,80,81). The van der Waals surface area contributed by atoms with Gasteiger partial charge in [-0.3, -0.25) is 4.99 Å². The lowest BCUT2D eigenvalue weighted by Gasteiger charge is -2.19. The number of nitrogens with one attached hydrogen (secondary N) is 2. The van der Waals surface area contributed by atoms with Crippen molar-refractivity contribution in [1.82, 2.24) is 10.3 Å². The number of nitrogens with zero attached hydrogens (tertiary/aromatic N) is 5. The Hall–Kier alpha value is -8.71. The van der Waals surface area contributed by atoms with Crippen LogP contribution in [0.3, 0.4) is 0 Å². The van der Waals surface area contributed by atoms with Crippen LogP contribution in [-0.2, 0) is 6.54 Å². The van der Waals surface area contributed by atoms with E-state index < -0.39 is 0 Å². The number of hydrogen-bond donors (Lipinski definition) is 2. The average molecular weight is 1160 g/mol. The summed E-state index contributed by atoms with van der Waals surface area (Å²) in [5, 5.41) is 13.8. The lowest BCUT2D eigenvalue weighted by atomic mass is 9.93. The van der Waals surface area contributed by atoms with Crippen molar-refractivity contribution in [3.05, 3.63) is 148 Å². The summed E-state index contributed by atoms with van der Waals surface area (Å²) >= 11 is 0. The molecular weight excluding hydrogens is 1080 g/mol. The minimum Gasteiger partial charge on any atom is -0.493 e. The van der Waals surface area contributed by atoms with E-state index in [1.165, 1.54) is 0 Å². The SMILES string of the molecule is CCCCOc1c2c(c(C)c3ccccc13)C(=Nc1[nH]cc3c(OCCCC)c4ccccc4c(C)c13)N=C2N=C1NC(=NC2=NCc3c2c(OCCCC)c2ccccc2c3OCCCC)c2c1c(OCCCC)c1ccccc1c2OCCCC. The second kappa shape index (κ2) is 26.5. The van der Waals surface area contributed by atoms with E-state index in [1.54, 1.807) is 0 Å². The highest BCUT2D eigenvalue weighted by Gasteiger charge is 2.39. The number of aromatic nitrogens is 1. The van der Waals surface area contributed by atoms with Gasteiger partial charge >= 0.3 is 0 Å². The number of H-pyrrole nitrogens is 1. The topological polar surface area (TPSA) is 145 Å². The molecule has 0 bridgehead atoms. The van der Waals surface area contributed by atoms with Gasteiger partial charge in [-0.15, -0.1) is 0 Å². The monoisotopic (exact) mass is 1160 g/mol. The van der Waals surface area contributed by atoms with Gasteiger partial charge in [-0.25, -0.2) is 20.0 Å². The third-order valence-corrected chi connectivity index (χ3v) is 16.9. The van der Waals surface area contributed by atoms with E-state index in [4.69, 9.17) is 53.4 Å². The predicted molar refractivity (Wildman–Crippen MR) is 359 cm³/mol. The van der Waals surface area contributed by atoms with E-state index in [0.29, 0.717) is 98.4 Å². The van der Waals surface area contributed by atoms with Crippen LogP contribution >= 0.6 is 0 Å². The van der Waals surface area contributed by atoms with Crippen molar-refractivity contribution in [1.29, 1.82) is 0 Å². The van der Waals surface area contributed by atoms with Crippen LogP contribution in [0.15, 0.2) is 128 Å². The molecule has 87 heavy (non-hydrogen) atoms. The van der Waals surface area contributed by atoms with Crippen LogP contribution in [0.25, 0.3) is 53.9 Å². The van der Waals surface area contributed by atoms with E-state index in [1.807, 2.05) is 6.20 Å². The largest absolute Gasteiger partial charge is 0.493 e. The minimum absolute atomic E-state index is 0.373. The van der Waals surface area contributed by atoms with Crippen LogP contribution in [0.4, 0.5) is 5.82 Å². The Morgan fingerprint density at radius 3 is 1.25 bits per heavy atom. The van der Waals surface area contributed by atoms with Crippen molar-refractivity contribution in [2.45, 2.75) is 139 Å². The first-order valence-corrected chi connectivity index (χ1v) is 32.0. The molecule has 13 nitrogen and oxygen atoms in total. The molecule has 3 aliphatic heterocycles. The number of fused-ring (bicyclic) bond motifs is 8. The van der Waals surface area contributed by atoms with Crippen molar-refractivity contribution in [3.8, 4) is 34.5 Å². The van der Waals surface area contributed by atoms with Crippen LogP contribution in [0.1, 0.15) is 163 Å². The average Bonchev–Trinajstić information content (AvgIpc) is 1.71. The Morgan fingerprint density at radius 1 is 0.391 bits per heavy atom. The summed E-state index contributed by atoms with van der Waals surface area (Å²) < 4.78 is 41.5. The number of aryl methyl sites for hydroxylation is 2. The predicted octanol–water partition coefficient (Wildman–Crippen LogP) is 18.1. The third kappa shape index (κ3) is 11.0. The van der Waals surface area contributed by atoms with E-state index in [9.17, 15) is 0 Å². The summed E-state index contributed by atoms with van der Waals surface area (Å²) in [6.07, 6.45) is 13.3. The van der Waals surface area contributed by atoms with Crippen LogP contribution in [-0.4, -0.2) is 73.8 Å². The molecule has 448 valence electrons. The number of hydrogen-bond acceptors (Lipinski definition) is 10. The highest BCUT2D eigenvalue weighted by Crippen LogP contribution is 2.49. The summed E-state index contributed by atoms with van der Waals surface area (Å²) in [7, 11) is 0. The van der Waals surface area contributed by atoms with Gasteiger partial charge < -0.3 is 38.7 Å².